The number of rotatable bonds is 17. The molecule has 0 bridgehead atoms. The van der Waals surface area contributed by atoms with E-state index in [2.05, 4.69) is 19.1 Å². The predicted octanol–water partition coefficient (Wildman–Crippen LogP) is 6.37. The van der Waals surface area contributed by atoms with E-state index < -0.39 is 12.1 Å². The second kappa shape index (κ2) is 18.1. The minimum atomic E-state index is -0.786. The lowest BCUT2D eigenvalue weighted by Crippen LogP contribution is -2.33. The molecule has 0 aliphatic rings. The molecule has 0 amide bonds. The second-order valence-corrected chi connectivity index (χ2v) is 7.53. The molecule has 0 radical (unpaired) electrons. The molecule has 0 saturated carbocycles. The van der Waals surface area contributed by atoms with Crippen LogP contribution in [0.4, 0.5) is 0 Å². The second-order valence-electron chi connectivity index (χ2n) is 7.53. The third-order valence-electron chi connectivity index (χ3n) is 4.53. The molecular formula is C23H42O4. The number of esters is 2. The molecule has 0 spiro atoms. The molecule has 27 heavy (non-hydrogen) atoms. The first-order valence-electron chi connectivity index (χ1n) is 11.0. The lowest BCUT2D eigenvalue weighted by Gasteiger charge is -2.19. The number of unbranched alkanes of at least 4 members (excludes halogenated alkanes) is 9. The van der Waals surface area contributed by atoms with Crippen LogP contribution in [0.2, 0.25) is 0 Å². The van der Waals surface area contributed by atoms with Crippen LogP contribution >= 0.6 is 0 Å². The van der Waals surface area contributed by atoms with Crippen molar-refractivity contribution < 1.29 is 19.1 Å². The van der Waals surface area contributed by atoms with E-state index in [0.717, 1.165) is 25.7 Å². The highest BCUT2D eigenvalue weighted by molar-refractivity contribution is 5.79. The SMILES string of the molecule is CCCCCC/C=C\CCCCCCCC(=O)OC(C(=O)OCC)C(C)C. The van der Waals surface area contributed by atoms with E-state index in [-0.39, 0.29) is 11.9 Å². The first kappa shape index (κ1) is 25.7. The zero-order valence-electron chi connectivity index (χ0n) is 18.1. The van der Waals surface area contributed by atoms with E-state index in [1.165, 1.54) is 44.9 Å². The van der Waals surface area contributed by atoms with Crippen molar-refractivity contribution in [1.82, 2.24) is 0 Å². The fourth-order valence-corrected chi connectivity index (χ4v) is 2.87. The van der Waals surface area contributed by atoms with E-state index in [9.17, 15) is 9.59 Å². The Bertz CT molecular complexity index is 401. The Kier molecular flexibility index (Phi) is 17.2. The van der Waals surface area contributed by atoms with Gasteiger partial charge in [0.2, 0.25) is 6.10 Å². The van der Waals surface area contributed by atoms with E-state index >= 15 is 0 Å². The van der Waals surface area contributed by atoms with Crippen LogP contribution in [-0.4, -0.2) is 24.6 Å². The van der Waals surface area contributed by atoms with Crippen LogP contribution in [0, 0.1) is 5.92 Å². The third-order valence-corrected chi connectivity index (χ3v) is 4.53. The average molecular weight is 383 g/mol. The van der Waals surface area contributed by atoms with Gasteiger partial charge >= 0.3 is 11.9 Å². The molecule has 0 aromatic rings. The largest absolute Gasteiger partial charge is 0.463 e. The van der Waals surface area contributed by atoms with Gasteiger partial charge in [-0.25, -0.2) is 4.79 Å². The summed E-state index contributed by atoms with van der Waals surface area (Å²) in [6, 6.07) is 0. The van der Waals surface area contributed by atoms with Crippen LogP contribution in [0.5, 0.6) is 0 Å². The van der Waals surface area contributed by atoms with Crippen molar-refractivity contribution in [2.24, 2.45) is 5.92 Å². The zero-order chi connectivity index (χ0) is 20.3. The topological polar surface area (TPSA) is 52.6 Å². The lowest BCUT2D eigenvalue weighted by atomic mass is 10.1. The van der Waals surface area contributed by atoms with Crippen molar-refractivity contribution in [3.63, 3.8) is 0 Å². The Morgan fingerprint density at radius 2 is 1.37 bits per heavy atom. The van der Waals surface area contributed by atoms with Crippen molar-refractivity contribution in [1.29, 1.82) is 0 Å². The van der Waals surface area contributed by atoms with Crippen molar-refractivity contribution in [2.75, 3.05) is 6.61 Å². The average Bonchev–Trinajstić information content (AvgIpc) is 2.63. The standard InChI is InChI=1S/C23H42O4/c1-5-7-8-9-10-11-12-13-14-15-16-17-18-19-21(24)27-22(20(3)4)23(25)26-6-2/h11-12,20,22H,5-10,13-19H2,1-4H3/b12-11-. The number of carbonyl (C=O) groups is 2. The summed E-state index contributed by atoms with van der Waals surface area (Å²) in [5, 5.41) is 0. The summed E-state index contributed by atoms with van der Waals surface area (Å²) in [6.07, 6.45) is 17.3. The van der Waals surface area contributed by atoms with Gasteiger partial charge in [-0.15, -0.1) is 0 Å². The molecule has 0 saturated heterocycles. The molecule has 0 heterocycles. The van der Waals surface area contributed by atoms with Crippen LogP contribution in [0.15, 0.2) is 12.2 Å². The molecule has 0 aliphatic heterocycles. The summed E-state index contributed by atoms with van der Waals surface area (Å²) >= 11 is 0. The van der Waals surface area contributed by atoms with Crippen molar-refractivity contribution in [3.05, 3.63) is 12.2 Å². The molecule has 4 heteroatoms. The Balaban J connectivity index is 3.64. The number of carbonyl (C=O) groups excluding carboxylic acids is 2. The van der Waals surface area contributed by atoms with Crippen LogP contribution in [-0.2, 0) is 19.1 Å². The maximum Gasteiger partial charge on any atom is 0.347 e. The highest BCUT2D eigenvalue weighted by Gasteiger charge is 2.27. The highest BCUT2D eigenvalue weighted by Crippen LogP contribution is 2.13. The van der Waals surface area contributed by atoms with Gasteiger partial charge in [0.1, 0.15) is 0 Å². The molecule has 4 nitrogen and oxygen atoms in total. The van der Waals surface area contributed by atoms with Gasteiger partial charge in [-0.05, 0) is 39.0 Å². The predicted molar refractivity (Wildman–Crippen MR) is 112 cm³/mol. The molecule has 0 aromatic heterocycles. The zero-order valence-corrected chi connectivity index (χ0v) is 18.1. The first-order chi connectivity index (χ1) is 13.0. The molecule has 0 aliphatic carbocycles. The van der Waals surface area contributed by atoms with E-state index in [4.69, 9.17) is 9.47 Å². The molecule has 0 aromatic carbocycles. The van der Waals surface area contributed by atoms with Gasteiger partial charge in [0.25, 0.3) is 0 Å². The molecule has 0 N–H and O–H groups in total. The number of hydrogen-bond donors (Lipinski definition) is 0. The van der Waals surface area contributed by atoms with Crippen molar-refractivity contribution in [3.8, 4) is 0 Å². The highest BCUT2D eigenvalue weighted by atomic mass is 16.6. The van der Waals surface area contributed by atoms with E-state index in [1.807, 2.05) is 13.8 Å². The molecule has 0 fully saturated rings. The minimum absolute atomic E-state index is 0.0762. The van der Waals surface area contributed by atoms with Gasteiger partial charge in [-0.1, -0.05) is 71.4 Å². The Morgan fingerprint density at radius 3 is 1.93 bits per heavy atom. The third kappa shape index (κ3) is 15.4. The molecule has 158 valence electrons. The van der Waals surface area contributed by atoms with Gasteiger partial charge in [0, 0.05) is 12.3 Å². The fraction of sp³-hybridized carbons (Fsp3) is 0.826. The summed E-state index contributed by atoms with van der Waals surface area (Å²) in [7, 11) is 0. The Morgan fingerprint density at radius 1 is 0.815 bits per heavy atom. The van der Waals surface area contributed by atoms with Gasteiger partial charge in [0.15, 0.2) is 0 Å². The summed E-state index contributed by atoms with van der Waals surface area (Å²) in [5.74, 6) is -0.820. The van der Waals surface area contributed by atoms with Crippen LogP contribution < -0.4 is 0 Å². The minimum Gasteiger partial charge on any atom is -0.463 e. The normalized spacial score (nSPS) is 12.5. The monoisotopic (exact) mass is 382 g/mol. The van der Waals surface area contributed by atoms with Gasteiger partial charge in [-0.2, -0.15) is 0 Å². The number of allylic oxidation sites excluding steroid dienone is 2. The Hall–Kier alpha value is -1.32. The van der Waals surface area contributed by atoms with Crippen molar-refractivity contribution in [2.45, 2.75) is 111 Å². The van der Waals surface area contributed by atoms with E-state index in [0.29, 0.717) is 13.0 Å². The Labute approximate surface area is 167 Å². The van der Waals surface area contributed by atoms with Gasteiger partial charge < -0.3 is 9.47 Å². The molecule has 1 atom stereocenters. The summed E-state index contributed by atoms with van der Waals surface area (Å²) in [4.78, 5) is 23.7. The number of ether oxygens (including phenoxy) is 2. The van der Waals surface area contributed by atoms with Crippen LogP contribution in [0.3, 0.4) is 0 Å². The quantitative estimate of drug-likeness (QED) is 0.166. The maximum atomic E-state index is 11.9. The van der Waals surface area contributed by atoms with E-state index in [1.54, 1.807) is 6.92 Å². The van der Waals surface area contributed by atoms with Crippen LogP contribution in [0.25, 0.3) is 0 Å². The first-order valence-corrected chi connectivity index (χ1v) is 11.0. The maximum absolute atomic E-state index is 11.9. The number of hydrogen-bond acceptors (Lipinski definition) is 4. The summed E-state index contributed by atoms with van der Waals surface area (Å²) in [6.45, 7) is 8.00. The molecule has 0 rings (SSSR count). The summed E-state index contributed by atoms with van der Waals surface area (Å²) in [5.41, 5.74) is 0. The van der Waals surface area contributed by atoms with Gasteiger partial charge in [0.05, 0.1) is 6.61 Å². The van der Waals surface area contributed by atoms with Gasteiger partial charge in [-0.3, -0.25) is 4.79 Å². The molecule has 1 unspecified atom stereocenters. The molecular weight excluding hydrogens is 340 g/mol. The van der Waals surface area contributed by atoms with Crippen molar-refractivity contribution >= 4 is 11.9 Å². The fourth-order valence-electron chi connectivity index (χ4n) is 2.87. The lowest BCUT2D eigenvalue weighted by molar-refractivity contribution is -0.170. The smallest absolute Gasteiger partial charge is 0.347 e. The summed E-state index contributed by atoms with van der Waals surface area (Å²) < 4.78 is 10.3. The van der Waals surface area contributed by atoms with Crippen LogP contribution in [0.1, 0.15) is 105 Å².